The molecule has 2 nitrogen and oxygen atoms in total. The van der Waals surface area contributed by atoms with Gasteiger partial charge < -0.3 is 5.11 Å². The van der Waals surface area contributed by atoms with Crippen LogP contribution in [-0.4, -0.2) is 16.3 Å². The van der Waals surface area contributed by atoms with E-state index < -0.39 is 12.3 Å². The lowest BCUT2D eigenvalue weighted by atomic mass is 10.3. The summed E-state index contributed by atoms with van der Waals surface area (Å²) in [5, 5.41) is 8.69. The smallest absolute Gasteiger partial charge is 0.379 e. The highest BCUT2D eigenvalue weighted by Crippen LogP contribution is 2.35. The van der Waals surface area contributed by atoms with Gasteiger partial charge in [0, 0.05) is 6.20 Å². The molecule has 1 heterocycles. The summed E-state index contributed by atoms with van der Waals surface area (Å²) in [6.45, 7) is 0. The summed E-state index contributed by atoms with van der Waals surface area (Å²) >= 11 is 3.65. The Morgan fingerprint density at radius 2 is 2.17 bits per heavy atom. The number of thiazole rings is 1. The van der Waals surface area contributed by atoms with Gasteiger partial charge in [0.1, 0.15) is 0 Å². The molecule has 1 atom stereocenters. The number of hydrogen-bond acceptors (Lipinski definition) is 3. The lowest BCUT2D eigenvalue weighted by Gasteiger charge is -2.11. The highest BCUT2D eigenvalue weighted by molar-refractivity contribution is 9.11. The second-order valence-electron chi connectivity index (χ2n) is 1.96. The van der Waals surface area contributed by atoms with Gasteiger partial charge in [-0.05, 0) is 15.9 Å². The minimum atomic E-state index is -4.62. The third-order valence-corrected chi connectivity index (χ3v) is 2.60. The molecule has 68 valence electrons. The molecular weight excluding hydrogens is 259 g/mol. The van der Waals surface area contributed by atoms with Crippen molar-refractivity contribution in [1.29, 1.82) is 0 Å². The van der Waals surface area contributed by atoms with Crippen molar-refractivity contribution in [3.05, 3.63) is 15.0 Å². The molecule has 0 aliphatic rings. The fourth-order valence-electron chi connectivity index (χ4n) is 0.552. The van der Waals surface area contributed by atoms with Gasteiger partial charge in [-0.1, -0.05) is 0 Å². The van der Waals surface area contributed by atoms with E-state index in [1.807, 2.05) is 0 Å². The van der Waals surface area contributed by atoms with Gasteiger partial charge in [-0.3, -0.25) is 0 Å². The third kappa shape index (κ3) is 2.18. The minimum absolute atomic E-state index is 0.214. The van der Waals surface area contributed by atoms with Gasteiger partial charge in [0.2, 0.25) is 0 Å². The Kier molecular flexibility index (Phi) is 2.74. The van der Waals surface area contributed by atoms with Gasteiger partial charge in [0.25, 0.3) is 0 Å². The van der Waals surface area contributed by atoms with Crippen molar-refractivity contribution in [2.75, 3.05) is 0 Å². The van der Waals surface area contributed by atoms with Crippen LogP contribution in [0.3, 0.4) is 0 Å². The fourth-order valence-corrected chi connectivity index (χ4v) is 1.87. The Morgan fingerprint density at radius 1 is 1.58 bits per heavy atom. The van der Waals surface area contributed by atoms with Crippen LogP contribution in [0, 0.1) is 0 Å². The van der Waals surface area contributed by atoms with Crippen molar-refractivity contribution in [3.63, 3.8) is 0 Å². The number of rotatable bonds is 1. The number of aliphatic hydroxyl groups excluding tert-OH is 1. The molecule has 0 aliphatic heterocycles. The molecule has 0 saturated heterocycles. The summed E-state index contributed by atoms with van der Waals surface area (Å²) in [7, 11) is 0. The molecule has 0 saturated carbocycles. The van der Waals surface area contributed by atoms with Gasteiger partial charge in [0.05, 0.1) is 4.88 Å². The SMILES string of the molecule is OC(c1cnc(Br)s1)C(F)(F)F. The highest BCUT2D eigenvalue weighted by Gasteiger charge is 2.40. The standard InChI is InChI=1S/C5H3BrF3NOS/c6-4-10-1-2(12-4)3(11)5(7,8)9/h1,3,11H. The number of aromatic nitrogens is 1. The molecule has 0 fully saturated rings. The van der Waals surface area contributed by atoms with Crippen LogP contribution < -0.4 is 0 Å². The van der Waals surface area contributed by atoms with Crippen molar-refractivity contribution in [2.45, 2.75) is 12.3 Å². The molecule has 1 N–H and O–H groups in total. The maximum atomic E-state index is 11.9. The molecule has 0 aromatic carbocycles. The molecule has 1 unspecified atom stereocenters. The van der Waals surface area contributed by atoms with Crippen molar-refractivity contribution < 1.29 is 18.3 Å². The Labute approximate surface area is 78.2 Å². The van der Waals surface area contributed by atoms with Crippen LogP contribution >= 0.6 is 27.3 Å². The van der Waals surface area contributed by atoms with Crippen LogP contribution in [0.2, 0.25) is 0 Å². The Morgan fingerprint density at radius 3 is 2.50 bits per heavy atom. The zero-order chi connectivity index (χ0) is 9.35. The number of nitrogens with zero attached hydrogens (tertiary/aromatic N) is 1. The van der Waals surface area contributed by atoms with Crippen LogP contribution in [-0.2, 0) is 0 Å². The molecule has 12 heavy (non-hydrogen) atoms. The lowest BCUT2D eigenvalue weighted by molar-refractivity contribution is -0.205. The molecule has 0 spiro atoms. The molecule has 1 aromatic heterocycles. The number of aliphatic hydroxyl groups is 1. The summed E-state index contributed by atoms with van der Waals surface area (Å²) < 4.78 is 35.9. The predicted octanol–water partition coefficient (Wildman–Crippen LogP) is 2.50. The van der Waals surface area contributed by atoms with Crippen LogP contribution in [0.4, 0.5) is 13.2 Å². The van der Waals surface area contributed by atoms with Gasteiger partial charge >= 0.3 is 6.18 Å². The number of hydrogen-bond donors (Lipinski definition) is 1. The second kappa shape index (κ2) is 3.31. The van der Waals surface area contributed by atoms with Crippen LogP contribution in [0.1, 0.15) is 11.0 Å². The fraction of sp³-hybridized carbons (Fsp3) is 0.400. The van der Waals surface area contributed by atoms with Crippen LogP contribution in [0.5, 0.6) is 0 Å². The first-order chi connectivity index (χ1) is 5.41. The summed E-state index contributed by atoms with van der Waals surface area (Å²) in [6.07, 6.45) is -6.06. The summed E-state index contributed by atoms with van der Waals surface area (Å²) in [6, 6.07) is 0. The Bertz CT molecular complexity index is 274. The van der Waals surface area contributed by atoms with Gasteiger partial charge in [0.15, 0.2) is 10.0 Å². The third-order valence-electron chi connectivity index (χ3n) is 1.07. The predicted molar refractivity (Wildman–Crippen MR) is 40.8 cm³/mol. The first-order valence-corrected chi connectivity index (χ1v) is 4.38. The van der Waals surface area contributed by atoms with E-state index in [9.17, 15) is 13.2 Å². The van der Waals surface area contributed by atoms with Crippen molar-refractivity contribution in [3.8, 4) is 0 Å². The van der Waals surface area contributed by atoms with E-state index >= 15 is 0 Å². The maximum absolute atomic E-state index is 11.9. The number of alkyl halides is 3. The molecule has 7 heteroatoms. The quantitative estimate of drug-likeness (QED) is 0.843. The van der Waals surface area contributed by atoms with E-state index in [4.69, 9.17) is 5.11 Å². The van der Waals surface area contributed by atoms with Crippen molar-refractivity contribution in [1.82, 2.24) is 4.98 Å². The molecule has 0 bridgehead atoms. The first kappa shape index (κ1) is 9.94. The van der Waals surface area contributed by atoms with E-state index in [1.54, 1.807) is 0 Å². The minimum Gasteiger partial charge on any atom is -0.379 e. The molecule has 0 amide bonds. The summed E-state index contributed by atoms with van der Waals surface area (Å²) in [5.74, 6) is 0. The largest absolute Gasteiger partial charge is 0.419 e. The van der Waals surface area contributed by atoms with Gasteiger partial charge in [-0.15, -0.1) is 11.3 Å². The molecule has 1 rings (SSSR count). The van der Waals surface area contributed by atoms with E-state index in [0.717, 1.165) is 17.5 Å². The highest BCUT2D eigenvalue weighted by atomic mass is 79.9. The summed E-state index contributed by atoms with van der Waals surface area (Å²) in [4.78, 5) is 3.31. The van der Waals surface area contributed by atoms with Gasteiger partial charge in [-0.2, -0.15) is 13.2 Å². The second-order valence-corrected chi connectivity index (χ2v) is 4.30. The van der Waals surface area contributed by atoms with E-state index in [1.165, 1.54) is 0 Å². The lowest BCUT2D eigenvalue weighted by Crippen LogP contribution is -2.18. The average Bonchev–Trinajstić information content (AvgIpc) is 2.32. The van der Waals surface area contributed by atoms with Crippen LogP contribution in [0.25, 0.3) is 0 Å². The van der Waals surface area contributed by atoms with E-state index in [0.29, 0.717) is 3.92 Å². The Balaban J connectivity index is 2.85. The van der Waals surface area contributed by atoms with Gasteiger partial charge in [-0.25, -0.2) is 4.98 Å². The summed E-state index contributed by atoms with van der Waals surface area (Å²) in [5.41, 5.74) is 0. The van der Waals surface area contributed by atoms with Crippen LogP contribution in [0.15, 0.2) is 10.1 Å². The normalized spacial score (nSPS) is 14.8. The zero-order valence-electron chi connectivity index (χ0n) is 5.47. The average molecular weight is 262 g/mol. The van der Waals surface area contributed by atoms with Crippen molar-refractivity contribution >= 4 is 27.3 Å². The topological polar surface area (TPSA) is 33.1 Å². The first-order valence-electron chi connectivity index (χ1n) is 2.77. The number of halogens is 4. The molecule has 1 aromatic rings. The van der Waals surface area contributed by atoms with E-state index in [-0.39, 0.29) is 4.88 Å². The van der Waals surface area contributed by atoms with E-state index in [2.05, 4.69) is 20.9 Å². The van der Waals surface area contributed by atoms with Crippen molar-refractivity contribution in [2.24, 2.45) is 0 Å². The maximum Gasteiger partial charge on any atom is 0.419 e. The molecule has 0 aliphatic carbocycles. The zero-order valence-corrected chi connectivity index (χ0v) is 7.87. The Hall–Kier alpha value is -0.140. The molecular formula is C5H3BrF3NOS. The monoisotopic (exact) mass is 261 g/mol. The molecule has 0 radical (unpaired) electrons.